The molecular weight excluding hydrogens is 328 g/mol. The van der Waals surface area contributed by atoms with Crippen LogP contribution in [0.1, 0.15) is 0 Å². The predicted octanol–water partition coefficient (Wildman–Crippen LogP) is 2.90. The van der Waals surface area contributed by atoms with Crippen molar-refractivity contribution in [1.82, 2.24) is 0 Å². The maximum absolute atomic E-state index is 12.4. The largest absolute Gasteiger partial charge is 0.507 e. The van der Waals surface area contributed by atoms with Crippen molar-refractivity contribution in [2.24, 2.45) is 0 Å². The van der Waals surface area contributed by atoms with Crippen LogP contribution in [0.15, 0.2) is 39.5 Å². The third-order valence-electron chi connectivity index (χ3n) is 3.78. The van der Waals surface area contributed by atoms with Gasteiger partial charge >= 0.3 is 0 Å². The SMILES string of the molecule is COc1cc(O)c2c(=O)cc(-c3cc(OC)c(O)c(OC)c3)oc2c1. The van der Waals surface area contributed by atoms with Crippen LogP contribution in [0.2, 0.25) is 0 Å². The van der Waals surface area contributed by atoms with E-state index in [4.69, 9.17) is 18.6 Å². The van der Waals surface area contributed by atoms with E-state index in [0.29, 0.717) is 11.3 Å². The van der Waals surface area contributed by atoms with E-state index in [-0.39, 0.29) is 39.7 Å². The van der Waals surface area contributed by atoms with E-state index in [0.717, 1.165) is 0 Å². The Kier molecular flexibility index (Phi) is 4.14. The molecule has 3 rings (SSSR count). The van der Waals surface area contributed by atoms with Gasteiger partial charge < -0.3 is 28.8 Å². The molecule has 0 bridgehead atoms. The fourth-order valence-corrected chi connectivity index (χ4v) is 2.54. The second kappa shape index (κ2) is 6.27. The van der Waals surface area contributed by atoms with Gasteiger partial charge in [-0.25, -0.2) is 0 Å². The first kappa shape index (κ1) is 16.5. The smallest absolute Gasteiger partial charge is 0.200 e. The van der Waals surface area contributed by atoms with Gasteiger partial charge in [-0.15, -0.1) is 0 Å². The van der Waals surface area contributed by atoms with Gasteiger partial charge in [0.1, 0.15) is 28.2 Å². The van der Waals surface area contributed by atoms with Gasteiger partial charge in [-0.2, -0.15) is 0 Å². The van der Waals surface area contributed by atoms with Crippen LogP contribution < -0.4 is 19.6 Å². The van der Waals surface area contributed by atoms with E-state index in [2.05, 4.69) is 0 Å². The minimum absolute atomic E-state index is 0.0576. The van der Waals surface area contributed by atoms with Crippen molar-refractivity contribution in [2.45, 2.75) is 0 Å². The lowest BCUT2D eigenvalue weighted by atomic mass is 10.1. The first-order valence-corrected chi connectivity index (χ1v) is 7.28. The zero-order valence-electron chi connectivity index (χ0n) is 13.8. The van der Waals surface area contributed by atoms with Crippen LogP contribution >= 0.6 is 0 Å². The monoisotopic (exact) mass is 344 g/mol. The summed E-state index contributed by atoms with van der Waals surface area (Å²) in [4.78, 5) is 12.4. The number of ether oxygens (including phenoxy) is 3. The Hall–Kier alpha value is -3.35. The number of rotatable bonds is 4. The standard InChI is InChI=1S/C18H16O7/c1-22-10-6-11(19)17-12(20)8-13(25-14(17)7-10)9-4-15(23-2)18(21)16(5-9)24-3/h4-8,19,21H,1-3H3. The third kappa shape index (κ3) is 2.80. The molecule has 0 amide bonds. The van der Waals surface area contributed by atoms with Crippen molar-refractivity contribution < 1.29 is 28.8 Å². The van der Waals surface area contributed by atoms with E-state index in [1.807, 2.05) is 0 Å². The van der Waals surface area contributed by atoms with E-state index >= 15 is 0 Å². The molecule has 3 aromatic rings. The van der Waals surface area contributed by atoms with Gasteiger partial charge in [0.05, 0.1) is 21.3 Å². The third-order valence-corrected chi connectivity index (χ3v) is 3.78. The van der Waals surface area contributed by atoms with Crippen molar-refractivity contribution in [3.63, 3.8) is 0 Å². The van der Waals surface area contributed by atoms with Crippen molar-refractivity contribution in [1.29, 1.82) is 0 Å². The zero-order valence-corrected chi connectivity index (χ0v) is 13.8. The molecule has 0 aliphatic carbocycles. The topological polar surface area (TPSA) is 98.4 Å². The first-order valence-electron chi connectivity index (χ1n) is 7.28. The average molecular weight is 344 g/mol. The lowest BCUT2D eigenvalue weighted by molar-refractivity contribution is 0.340. The molecule has 0 radical (unpaired) electrons. The molecule has 2 aromatic carbocycles. The van der Waals surface area contributed by atoms with Crippen molar-refractivity contribution >= 4 is 11.0 Å². The second-order valence-corrected chi connectivity index (χ2v) is 5.22. The van der Waals surface area contributed by atoms with Crippen molar-refractivity contribution in [3.05, 3.63) is 40.6 Å². The molecule has 1 aromatic heterocycles. The number of benzene rings is 2. The van der Waals surface area contributed by atoms with Crippen LogP contribution in [0.4, 0.5) is 0 Å². The van der Waals surface area contributed by atoms with Gasteiger partial charge in [0.2, 0.25) is 5.75 Å². The average Bonchev–Trinajstić information content (AvgIpc) is 2.60. The highest BCUT2D eigenvalue weighted by atomic mass is 16.5. The molecule has 0 unspecified atom stereocenters. The molecule has 130 valence electrons. The predicted molar refractivity (Wildman–Crippen MR) is 90.9 cm³/mol. The lowest BCUT2D eigenvalue weighted by Gasteiger charge is -2.11. The van der Waals surface area contributed by atoms with Gasteiger partial charge in [-0.1, -0.05) is 0 Å². The van der Waals surface area contributed by atoms with E-state index in [1.54, 1.807) is 0 Å². The summed E-state index contributed by atoms with van der Waals surface area (Å²) < 4.78 is 21.1. The minimum atomic E-state index is -0.414. The summed E-state index contributed by atoms with van der Waals surface area (Å²) in [7, 11) is 4.24. The van der Waals surface area contributed by atoms with Crippen LogP contribution in [-0.2, 0) is 0 Å². The Bertz CT molecular complexity index is 979. The highest BCUT2D eigenvalue weighted by Gasteiger charge is 2.16. The Morgan fingerprint density at radius 2 is 1.52 bits per heavy atom. The summed E-state index contributed by atoms with van der Waals surface area (Å²) in [5.74, 6) is 0.538. The summed E-state index contributed by atoms with van der Waals surface area (Å²) in [6, 6.07) is 7.13. The molecule has 0 atom stereocenters. The zero-order chi connectivity index (χ0) is 18.1. The number of hydrogen-bond donors (Lipinski definition) is 2. The molecule has 25 heavy (non-hydrogen) atoms. The van der Waals surface area contributed by atoms with Crippen LogP contribution in [0.5, 0.6) is 28.7 Å². The highest BCUT2D eigenvalue weighted by molar-refractivity contribution is 5.86. The Morgan fingerprint density at radius 3 is 2.08 bits per heavy atom. The molecular formula is C18H16O7. The summed E-state index contributed by atoms with van der Waals surface area (Å²) in [5, 5.41) is 20.1. The van der Waals surface area contributed by atoms with Crippen LogP contribution in [0.3, 0.4) is 0 Å². The first-order chi connectivity index (χ1) is 12.0. The summed E-state index contributed by atoms with van der Waals surface area (Å²) in [6.45, 7) is 0. The van der Waals surface area contributed by atoms with E-state index in [1.165, 1.54) is 51.7 Å². The molecule has 0 aliphatic heterocycles. The Labute approximate surface area is 142 Å². The molecule has 0 saturated heterocycles. The molecule has 0 saturated carbocycles. The van der Waals surface area contributed by atoms with Crippen LogP contribution in [0.25, 0.3) is 22.3 Å². The molecule has 7 nitrogen and oxygen atoms in total. The number of methoxy groups -OCH3 is 3. The van der Waals surface area contributed by atoms with Gasteiger partial charge in [-0.05, 0) is 12.1 Å². The number of aromatic hydroxyl groups is 2. The van der Waals surface area contributed by atoms with Crippen LogP contribution in [0, 0.1) is 0 Å². The maximum Gasteiger partial charge on any atom is 0.200 e. The fourth-order valence-electron chi connectivity index (χ4n) is 2.54. The Balaban J connectivity index is 2.28. The maximum atomic E-state index is 12.4. The quantitative estimate of drug-likeness (QED) is 0.751. The summed E-state index contributed by atoms with van der Waals surface area (Å²) in [6.07, 6.45) is 0. The van der Waals surface area contributed by atoms with Gasteiger partial charge in [0.25, 0.3) is 0 Å². The van der Waals surface area contributed by atoms with Gasteiger partial charge in [-0.3, -0.25) is 4.79 Å². The molecule has 2 N–H and O–H groups in total. The van der Waals surface area contributed by atoms with Crippen molar-refractivity contribution in [2.75, 3.05) is 21.3 Å². The molecule has 0 spiro atoms. The number of phenolic OH excluding ortho intramolecular Hbond substituents is 2. The molecule has 1 heterocycles. The molecule has 7 heteroatoms. The normalized spacial score (nSPS) is 10.7. The molecule has 0 fully saturated rings. The second-order valence-electron chi connectivity index (χ2n) is 5.22. The lowest BCUT2D eigenvalue weighted by Crippen LogP contribution is -2.01. The number of fused-ring (bicyclic) bond motifs is 1. The number of hydrogen-bond acceptors (Lipinski definition) is 7. The fraction of sp³-hybridized carbons (Fsp3) is 0.167. The van der Waals surface area contributed by atoms with E-state index in [9.17, 15) is 15.0 Å². The van der Waals surface area contributed by atoms with Gasteiger partial charge in [0.15, 0.2) is 16.9 Å². The summed E-state index contributed by atoms with van der Waals surface area (Å²) >= 11 is 0. The number of phenols is 2. The Morgan fingerprint density at radius 1 is 0.880 bits per heavy atom. The summed E-state index contributed by atoms with van der Waals surface area (Å²) in [5.41, 5.74) is 0.223. The van der Waals surface area contributed by atoms with E-state index < -0.39 is 5.43 Å². The van der Waals surface area contributed by atoms with Crippen molar-refractivity contribution in [3.8, 4) is 40.1 Å². The molecule has 0 aliphatic rings. The highest BCUT2D eigenvalue weighted by Crippen LogP contribution is 2.41. The van der Waals surface area contributed by atoms with Gasteiger partial charge in [0, 0.05) is 23.8 Å². The van der Waals surface area contributed by atoms with Crippen LogP contribution in [-0.4, -0.2) is 31.5 Å². The minimum Gasteiger partial charge on any atom is -0.507 e.